The Balaban J connectivity index is 1.58. The number of rotatable bonds is 7. The van der Waals surface area contributed by atoms with Crippen LogP contribution < -0.4 is 10.6 Å². The molecule has 0 saturated heterocycles. The molecule has 1 atom stereocenters. The van der Waals surface area contributed by atoms with E-state index in [2.05, 4.69) is 15.7 Å². The molecule has 32 heavy (non-hydrogen) atoms. The number of nitrogens with zero attached hydrogens (tertiary/aromatic N) is 3. The molecule has 1 aliphatic rings. The summed E-state index contributed by atoms with van der Waals surface area (Å²) >= 11 is 0. The molecule has 10 heteroatoms. The van der Waals surface area contributed by atoms with Gasteiger partial charge in [0.2, 0.25) is 5.91 Å². The smallest absolute Gasteiger partial charge is 0.269 e. The molecule has 10 nitrogen and oxygen atoms in total. The number of carbonyl (C=O) groups is 2. The quantitative estimate of drug-likeness (QED) is 0.432. The molecule has 3 aromatic rings. The van der Waals surface area contributed by atoms with E-state index in [4.69, 9.17) is 4.74 Å². The van der Waals surface area contributed by atoms with Crippen LogP contribution in [0.4, 0.5) is 17.2 Å². The number of hydrogen-bond acceptors (Lipinski definition) is 6. The van der Waals surface area contributed by atoms with E-state index in [0.717, 1.165) is 11.1 Å². The van der Waals surface area contributed by atoms with Gasteiger partial charge in [0.05, 0.1) is 23.6 Å². The van der Waals surface area contributed by atoms with E-state index >= 15 is 0 Å². The molecule has 1 aromatic heterocycles. The van der Waals surface area contributed by atoms with Gasteiger partial charge >= 0.3 is 0 Å². The Kier molecular flexibility index (Phi) is 5.69. The highest BCUT2D eigenvalue weighted by Crippen LogP contribution is 2.38. The zero-order chi connectivity index (χ0) is 22.8. The fraction of sp³-hybridized carbons (Fsp3) is 0.227. The van der Waals surface area contributed by atoms with Crippen LogP contribution in [0.3, 0.4) is 0 Å². The van der Waals surface area contributed by atoms with E-state index in [1.807, 2.05) is 30.3 Å². The highest BCUT2D eigenvalue weighted by Gasteiger charge is 2.37. The summed E-state index contributed by atoms with van der Waals surface area (Å²) in [7, 11) is 1.56. The van der Waals surface area contributed by atoms with Gasteiger partial charge in [-0.2, -0.15) is 5.10 Å². The van der Waals surface area contributed by atoms with E-state index in [0.29, 0.717) is 22.8 Å². The average molecular weight is 435 g/mol. The van der Waals surface area contributed by atoms with Crippen molar-refractivity contribution in [3.63, 3.8) is 0 Å². The molecular weight excluding hydrogens is 414 g/mol. The van der Waals surface area contributed by atoms with Crippen molar-refractivity contribution in [1.29, 1.82) is 0 Å². The van der Waals surface area contributed by atoms with Gasteiger partial charge in [-0.1, -0.05) is 30.3 Å². The number of non-ortho nitro benzene ring substituents is 1. The lowest BCUT2D eigenvalue weighted by Gasteiger charge is -2.11. The Morgan fingerprint density at radius 2 is 2.03 bits per heavy atom. The van der Waals surface area contributed by atoms with Gasteiger partial charge in [0.25, 0.3) is 11.6 Å². The molecule has 1 aliphatic heterocycles. The third-order valence-corrected chi connectivity index (χ3v) is 5.24. The van der Waals surface area contributed by atoms with Crippen LogP contribution in [0.2, 0.25) is 0 Å². The number of benzene rings is 2. The summed E-state index contributed by atoms with van der Waals surface area (Å²) < 4.78 is 6.80. The van der Waals surface area contributed by atoms with Gasteiger partial charge in [-0.15, -0.1) is 0 Å². The van der Waals surface area contributed by atoms with Gasteiger partial charge in [0.15, 0.2) is 0 Å². The Labute approximate surface area is 183 Å². The number of nitrogens with one attached hydrogen (secondary N) is 2. The summed E-state index contributed by atoms with van der Waals surface area (Å²) in [5.41, 5.74) is 3.24. The number of aryl methyl sites for hydroxylation is 1. The number of aromatic nitrogens is 2. The topological polar surface area (TPSA) is 128 Å². The molecule has 0 spiro atoms. The van der Waals surface area contributed by atoms with E-state index in [1.165, 1.54) is 22.9 Å². The Morgan fingerprint density at radius 1 is 1.28 bits per heavy atom. The lowest BCUT2D eigenvalue weighted by molar-refractivity contribution is -0.384. The normalized spacial score (nSPS) is 14.7. The maximum atomic E-state index is 12.7. The zero-order valence-electron chi connectivity index (χ0n) is 17.5. The molecule has 2 N–H and O–H groups in total. The van der Waals surface area contributed by atoms with Crippen LogP contribution in [0, 0.1) is 17.0 Å². The minimum absolute atomic E-state index is 0.0593. The van der Waals surface area contributed by atoms with Crippen LogP contribution in [0.5, 0.6) is 0 Å². The van der Waals surface area contributed by atoms with Gasteiger partial charge in [-0.3, -0.25) is 19.7 Å². The van der Waals surface area contributed by atoms with Crippen LogP contribution in [0.25, 0.3) is 11.1 Å². The van der Waals surface area contributed by atoms with Gasteiger partial charge in [0.1, 0.15) is 11.9 Å². The Hall–Kier alpha value is -4.05. The molecular formula is C22H21N5O5. The minimum Gasteiger partial charge on any atom is -0.378 e. The first-order valence-corrected chi connectivity index (χ1v) is 9.90. The molecule has 2 heterocycles. The first kappa shape index (κ1) is 21.2. The zero-order valence-corrected chi connectivity index (χ0v) is 17.5. The van der Waals surface area contributed by atoms with Crippen molar-refractivity contribution < 1.29 is 19.2 Å². The van der Waals surface area contributed by atoms with Gasteiger partial charge in [-0.25, -0.2) is 4.68 Å². The number of amides is 2. The van der Waals surface area contributed by atoms with Crippen molar-refractivity contribution in [1.82, 2.24) is 9.78 Å². The molecule has 0 aliphatic carbocycles. The van der Waals surface area contributed by atoms with Crippen LogP contribution in [0.1, 0.15) is 23.7 Å². The fourth-order valence-corrected chi connectivity index (χ4v) is 3.74. The summed E-state index contributed by atoms with van der Waals surface area (Å²) in [6, 6.07) is 12.9. The SMILES string of the molecule is COCc1nn2c(c1-c1ccccc1)NC(=O)C2CC(=O)Nc1ccc([N+](=O)[O-])cc1C. The van der Waals surface area contributed by atoms with Gasteiger partial charge in [0, 0.05) is 30.5 Å². The molecule has 2 aromatic carbocycles. The summed E-state index contributed by atoms with van der Waals surface area (Å²) in [6.45, 7) is 1.92. The summed E-state index contributed by atoms with van der Waals surface area (Å²) in [6.07, 6.45) is -0.141. The number of anilines is 2. The standard InChI is InChI=1S/C22H21N5O5/c1-13-10-15(27(30)31)8-9-16(13)23-19(28)11-18-22(29)24-21-20(14-6-4-3-5-7-14)17(12-32-2)25-26(18)21/h3-10,18H,11-12H2,1-2H3,(H,23,28)(H,24,29). The van der Waals surface area contributed by atoms with Crippen molar-refractivity contribution in [3.8, 4) is 11.1 Å². The van der Waals surface area contributed by atoms with Crippen LogP contribution in [-0.2, 0) is 20.9 Å². The maximum absolute atomic E-state index is 12.7. The number of ether oxygens (including phenoxy) is 1. The summed E-state index contributed by atoms with van der Waals surface area (Å²) in [4.78, 5) is 35.8. The van der Waals surface area contributed by atoms with Crippen molar-refractivity contribution in [2.45, 2.75) is 26.0 Å². The molecule has 0 radical (unpaired) electrons. The van der Waals surface area contributed by atoms with Crippen LogP contribution >= 0.6 is 0 Å². The van der Waals surface area contributed by atoms with Crippen molar-refractivity contribution in [2.24, 2.45) is 0 Å². The van der Waals surface area contributed by atoms with Crippen LogP contribution in [-0.4, -0.2) is 33.6 Å². The summed E-state index contributed by atoms with van der Waals surface area (Å²) in [5, 5.41) is 21.0. The van der Waals surface area contributed by atoms with Crippen molar-refractivity contribution >= 4 is 29.0 Å². The number of methoxy groups -OCH3 is 1. The average Bonchev–Trinajstić information content (AvgIpc) is 3.25. The molecule has 0 fully saturated rings. The number of carbonyl (C=O) groups excluding carboxylic acids is 2. The van der Waals surface area contributed by atoms with E-state index in [-0.39, 0.29) is 24.6 Å². The van der Waals surface area contributed by atoms with Gasteiger partial charge < -0.3 is 15.4 Å². The number of nitro groups is 1. The van der Waals surface area contributed by atoms with Gasteiger partial charge in [-0.05, 0) is 24.1 Å². The van der Waals surface area contributed by atoms with E-state index in [1.54, 1.807) is 14.0 Å². The first-order valence-electron chi connectivity index (χ1n) is 9.90. The second kappa shape index (κ2) is 8.60. The molecule has 4 rings (SSSR count). The maximum Gasteiger partial charge on any atom is 0.269 e. The number of nitro benzene ring substituents is 1. The third-order valence-electron chi connectivity index (χ3n) is 5.24. The third kappa shape index (κ3) is 3.95. The predicted octanol–water partition coefficient (Wildman–Crippen LogP) is 3.44. The number of hydrogen-bond donors (Lipinski definition) is 2. The number of fused-ring (bicyclic) bond motifs is 1. The predicted molar refractivity (Wildman–Crippen MR) is 117 cm³/mol. The first-order chi connectivity index (χ1) is 15.4. The molecule has 0 bridgehead atoms. The molecule has 164 valence electrons. The van der Waals surface area contributed by atoms with Crippen LogP contribution in [0.15, 0.2) is 48.5 Å². The molecule has 2 amide bonds. The largest absolute Gasteiger partial charge is 0.378 e. The molecule has 0 saturated carbocycles. The highest BCUT2D eigenvalue weighted by molar-refractivity contribution is 6.04. The highest BCUT2D eigenvalue weighted by atomic mass is 16.6. The fourth-order valence-electron chi connectivity index (χ4n) is 3.74. The van der Waals surface area contributed by atoms with E-state index < -0.39 is 16.9 Å². The summed E-state index contributed by atoms with van der Waals surface area (Å²) in [5.74, 6) is -0.207. The second-order valence-electron chi connectivity index (χ2n) is 7.43. The monoisotopic (exact) mass is 435 g/mol. The Morgan fingerprint density at radius 3 is 2.69 bits per heavy atom. The Bertz CT molecular complexity index is 1200. The second-order valence-corrected chi connectivity index (χ2v) is 7.43. The lowest BCUT2D eigenvalue weighted by atomic mass is 10.1. The van der Waals surface area contributed by atoms with Crippen molar-refractivity contribution in [3.05, 3.63) is 69.9 Å². The molecule has 1 unspecified atom stereocenters. The van der Waals surface area contributed by atoms with E-state index in [9.17, 15) is 19.7 Å². The van der Waals surface area contributed by atoms with Crippen molar-refractivity contribution in [2.75, 3.05) is 17.7 Å². The lowest BCUT2D eigenvalue weighted by Crippen LogP contribution is -2.24. The minimum atomic E-state index is -0.823.